The van der Waals surface area contributed by atoms with Crippen LogP contribution in [0.3, 0.4) is 0 Å². The zero-order chi connectivity index (χ0) is 17.2. The molecule has 1 heterocycles. The van der Waals surface area contributed by atoms with Crippen LogP contribution in [0.25, 0.3) is 0 Å². The molecule has 0 N–H and O–H groups in total. The highest BCUT2D eigenvalue weighted by Gasteiger charge is 2.43. The monoisotopic (exact) mass is 345 g/mol. The largest absolute Gasteiger partial charge is 0.497 e. The number of ether oxygens (including phenoxy) is 1. The molecule has 1 fully saturated rings. The predicted octanol–water partition coefficient (Wildman–Crippen LogP) is 3.40. The summed E-state index contributed by atoms with van der Waals surface area (Å²) in [7, 11) is -1.66. The van der Waals surface area contributed by atoms with Gasteiger partial charge in [-0.1, -0.05) is 29.8 Å². The van der Waals surface area contributed by atoms with E-state index in [2.05, 4.69) is 6.07 Å². The van der Waals surface area contributed by atoms with Crippen LogP contribution in [0, 0.1) is 6.92 Å². The molecule has 2 aromatic carbocycles. The molecule has 0 spiro atoms. The third-order valence-electron chi connectivity index (χ3n) is 4.43. The Kier molecular flexibility index (Phi) is 4.92. The van der Waals surface area contributed by atoms with Crippen LogP contribution in [0.2, 0.25) is 0 Å². The van der Waals surface area contributed by atoms with E-state index in [1.165, 1.54) is 5.56 Å². The topological polar surface area (TPSA) is 46.4 Å². The maximum atomic E-state index is 12.5. The predicted molar refractivity (Wildman–Crippen MR) is 94.8 cm³/mol. The van der Waals surface area contributed by atoms with Gasteiger partial charge in [-0.25, -0.2) is 8.42 Å². The SMILES string of the molecule is COc1cccc(CCCC2CN2S(=O)(=O)c2ccc(C)cc2)c1. The van der Waals surface area contributed by atoms with E-state index in [0.717, 1.165) is 30.6 Å². The zero-order valence-corrected chi connectivity index (χ0v) is 14.9. The molecule has 0 radical (unpaired) electrons. The summed E-state index contributed by atoms with van der Waals surface area (Å²) < 4.78 is 31.9. The highest BCUT2D eigenvalue weighted by molar-refractivity contribution is 7.89. The van der Waals surface area contributed by atoms with E-state index < -0.39 is 10.0 Å². The van der Waals surface area contributed by atoms with E-state index in [0.29, 0.717) is 11.4 Å². The van der Waals surface area contributed by atoms with Gasteiger partial charge < -0.3 is 4.74 Å². The van der Waals surface area contributed by atoms with Gasteiger partial charge in [0.25, 0.3) is 0 Å². The van der Waals surface area contributed by atoms with Gasteiger partial charge in [-0.3, -0.25) is 0 Å². The van der Waals surface area contributed by atoms with Gasteiger partial charge in [0.1, 0.15) is 5.75 Å². The fourth-order valence-electron chi connectivity index (χ4n) is 2.91. The Morgan fingerprint density at radius 2 is 1.92 bits per heavy atom. The Bertz CT molecular complexity index is 800. The van der Waals surface area contributed by atoms with Crippen molar-refractivity contribution in [3.63, 3.8) is 0 Å². The fraction of sp³-hybridized carbons (Fsp3) is 0.368. The van der Waals surface area contributed by atoms with Crippen molar-refractivity contribution in [1.29, 1.82) is 0 Å². The minimum Gasteiger partial charge on any atom is -0.497 e. The van der Waals surface area contributed by atoms with Crippen LogP contribution < -0.4 is 4.74 Å². The first-order valence-corrected chi connectivity index (χ1v) is 9.66. The lowest BCUT2D eigenvalue weighted by molar-refractivity contribution is 0.414. The van der Waals surface area contributed by atoms with E-state index >= 15 is 0 Å². The average molecular weight is 345 g/mol. The zero-order valence-electron chi connectivity index (χ0n) is 14.1. The Morgan fingerprint density at radius 3 is 2.62 bits per heavy atom. The molecular weight excluding hydrogens is 322 g/mol. The number of hydrogen-bond acceptors (Lipinski definition) is 3. The van der Waals surface area contributed by atoms with Crippen molar-refractivity contribution in [2.45, 2.75) is 37.1 Å². The van der Waals surface area contributed by atoms with Crippen LogP contribution in [0.1, 0.15) is 24.0 Å². The molecule has 0 aromatic heterocycles. The van der Waals surface area contributed by atoms with Crippen molar-refractivity contribution >= 4 is 10.0 Å². The normalized spacial score (nSPS) is 19.9. The molecule has 0 bridgehead atoms. The van der Waals surface area contributed by atoms with Gasteiger partial charge in [0, 0.05) is 12.6 Å². The molecule has 24 heavy (non-hydrogen) atoms. The van der Waals surface area contributed by atoms with Crippen molar-refractivity contribution in [2.75, 3.05) is 13.7 Å². The summed E-state index contributed by atoms with van der Waals surface area (Å²) in [6.07, 6.45) is 2.80. The van der Waals surface area contributed by atoms with Crippen LogP contribution in [-0.2, 0) is 16.4 Å². The molecule has 1 saturated heterocycles. The van der Waals surface area contributed by atoms with Crippen LogP contribution in [0.15, 0.2) is 53.4 Å². The summed E-state index contributed by atoms with van der Waals surface area (Å²) in [5.74, 6) is 0.863. The Hall–Kier alpha value is -1.85. The van der Waals surface area contributed by atoms with E-state index in [4.69, 9.17) is 4.74 Å². The Morgan fingerprint density at radius 1 is 1.17 bits per heavy atom. The number of methoxy groups -OCH3 is 1. The van der Waals surface area contributed by atoms with E-state index in [9.17, 15) is 8.42 Å². The second-order valence-corrected chi connectivity index (χ2v) is 8.18. The summed E-state index contributed by atoms with van der Waals surface area (Å²) in [6, 6.07) is 15.2. The number of nitrogens with zero attached hydrogens (tertiary/aromatic N) is 1. The van der Waals surface area contributed by atoms with Crippen LogP contribution >= 0.6 is 0 Å². The lowest BCUT2D eigenvalue weighted by Gasteiger charge is -2.07. The second-order valence-electron chi connectivity index (χ2n) is 6.29. The summed E-state index contributed by atoms with van der Waals surface area (Å²) in [5, 5.41) is 0. The van der Waals surface area contributed by atoms with Crippen LogP contribution in [0.4, 0.5) is 0 Å². The Balaban J connectivity index is 1.53. The van der Waals surface area contributed by atoms with Crippen LogP contribution in [0.5, 0.6) is 5.75 Å². The summed E-state index contributed by atoms with van der Waals surface area (Å²) in [6.45, 7) is 2.59. The molecule has 2 unspecified atom stereocenters. The fourth-order valence-corrected chi connectivity index (χ4v) is 4.52. The highest BCUT2D eigenvalue weighted by Crippen LogP contribution is 2.31. The van der Waals surface area contributed by atoms with Gasteiger partial charge in [0.15, 0.2) is 0 Å². The maximum Gasteiger partial charge on any atom is 0.243 e. The van der Waals surface area contributed by atoms with Gasteiger partial charge in [0.2, 0.25) is 10.0 Å². The molecular formula is C19H23NO3S. The minimum atomic E-state index is -3.32. The van der Waals surface area contributed by atoms with Gasteiger partial charge in [-0.2, -0.15) is 4.31 Å². The van der Waals surface area contributed by atoms with Crippen molar-refractivity contribution in [3.05, 3.63) is 59.7 Å². The van der Waals surface area contributed by atoms with E-state index in [-0.39, 0.29) is 6.04 Å². The Labute approximate surface area is 144 Å². The average Bonchev–Trinajstić information content (AvgIpc) is 3.36. The molecule has 128 valence electrons. The van der Waals surface area contributed by atoms with Crippen LogP contribution in [-0.4, -0.2) is 32.4 Å². The third kappa shape index (κ3) is 3.79. The lowest BCUT2D eigenvalue weighted by atomic mass is 10.1. The number of rotatable bonds is 7. The molecule has 0 saturated carbocycles. The first-order valence-electron chi connectivity index (χ1n) is 8.22. The molecule has 3 rings (SSSR count). The van der Waals surface area contributed by atoms with Crippen molar-refractivity contribution < 1.29 is 13.2 Å². The number of sulfonamides is 1. The highest BCUT2D eigenvalue weighted by atomic mass is 32.2. The second kappa shape index (κ2) is 6.95. The molecule has 4 nitrogen and oxygen atoms in total. The minimum absolute atomic E-state index is 0.141. The maximum absolute atomic E-state index is 12.5. The molecule has 0 amide bonds. The number of hydrogen-bond donors (Lipinski definition) is 0. The standard InChI is InChI=1S/C19H23NO3S/c1-15-9-11-19(12-10-15)24(21,22)20-14-17(20)7-3-5-16-6-4-8-18(13-16)23-2/h4,6,8-13,17H,3,5,7,14H2,1-2H3. The van der Waals surface area contributed by atoms with E-state index in [1.54, 1.807) is 23.5 Å². The number of aryl methyl sites for hydroxylation is 2. The molecule has 1 aliphatic heterocycles. The van der Waals surface area contributed by atoms with E-state index in [1.807, 2.05) is 37.3 Å². The third-order valence-corrected chi connectivity index (χ3v) is 6.36. The van der Waals surface area contributed by atoms with Gasteiger partial charge in [-0.05, 0) is 56.0 Å². The lowest BCUT2D eigenvalue weighted by Crippen LogP contribution is -2.14. The molecule has 2 atom stereocenters. The molecule has 1 aliphatic rings. The van der Waals surface area contributed by atoms with Gasteiger partial charge in [0.05, 0.1) is 12.0 Å². The van der Waals surface area contributed by atoms with Crippen molar-refractivity contribution in [2.24, 2.45) is 0 Å². The summed E-state index contributed by atoms with van der Waals surface area (Å²) in [5.41, 5.74) is 2.29. The number of benzene rings is 2. The van der Waals surface area contributed by atoms with Crippen molar-refractivity contribution in [1.82, 2.24) is 4.31 Å². The van der Waals surface area contributed by atoms with Crippen molar-refractivity contribution in [3.8, 4) is 5.75 Å². The summed E-state index contributed by atoms with van der Waals surface area (Å²) >= 11 is 0. The first-order chi connectivity index (χ1) is 11.5. The summed E-state index contributed by atoms with van der Waals surface area (Å²) in [4.78, 5) is 0.392. The smallest absolute Gasteiger partial charge is 0.243 e. The molecule has 5 heteroatoms. The quantitative estimate of drug-likeness (QED) is 0.723. The van der Waals surface area contributed by atoms with Gasteiger partial charge >= 0.3 is 0 Å². The van der Waals surface area contributed by atoms with Gasteiger partial charge in [-0.15, -0.1) is 0 Å². The first kappa shape index (κ1) is 17.0. The molecule has 0 aliphatic carbocycles. The molecule has 2 aromatic rings.